The summed E-state index contributed by atoms with van der Waals surface area (Å²) in [5.41, 5.74) is 22.3. The fraction of sp³-hybridized carbons (Fsp3) is 0.0357. The van der Waals surface area contributed by atoms with Crippen LogP contribution in [-0.4, -0.2) is 6.71 Å². The van der Waals surface area contributed by atoms with Crippen molar-refractivity contribution in [1.29, 1.82) is 0 Å². The molecule has 0 radical (unpaired) electrons. The highest BCUT2D eigenvalue weighted by atomic mass is 15.2. The predicted molar refractivity (Wildman–Crippen MR) is 253 cm³/mol. The largest absolute Gasteiger partial charge is 0.311 e. The van der Waals surface area contributed by atoms with Gasteiger partial charge in [0.1, 0.15) is 0 Å². The van der Waals surface area contributed by atoms with Crippen LogP contribution in [0.1, 0.15) is 28.2 Å². The van der Waals surface area contributed by atoms with Gasteiger partial charge in [-0.15, -0.1) is 0 Å². The molecule has 3 nitrogen and oxygen atoms in total. The Bertz CT molecular complexity index is 3070. The highest BCUT2D eigenvalue weighted by Gasteiger charge is 2.43. The van der Waals surface area contributed by atoms with Crippen molar-refractivity contribution in [2.24, 2.45) is 0 Å². The number of anilines is 9. The highest BCUT2D eigenvalue weighted by Crippen LogP contribution is 2.51. The predicted octanol–water partition coefficient (Wildman–Crippen LogP) is 12.7. The Morgan fingerprint density at radius 3 is 1.75 bits per heavy atom. The maximum Gasteiger partial charge on any atom is 0.252 e. The maximum atomic E-state index is 2.50. The fourth-order valence-corrected chi connectivity index (χ4v) is 10.2. The molecule has 282 valence electrons. The molecule has 12 rings (SSSR count). The third kappa shape index (κ3) is 5.31. The number of aryl methyl sites for hydroxylation is 1. The molecule has 1 aliphatic carbocycles. The van der Waals surface area contributed by atoms with Crippen LogP contribution in [0.2, 0.25) is 0 Å². The Hall–Kier alpha value is -7.56. The minimum atomic E-state index is 0.0506. The molecule has 0 amide bonds. The molecular formula is C56H40BN3. The molecule has 1 atom stereocenters. The lowest BCUT2D eigenvalue weighted by molar-refractivity contribution is 1.01. The minimum Gasteiger partial charge on any atom is -0.311 e. The smallest absolute Gasteiger partial charge is 0.252 e. The summed E-state index contributed by atoms with van der Waals surface area (Å²) in [6.45, 7) is 2.21. The first-order valence-corrected chi connectivity index (χ1v) is 20.9. The lowest BCUT2D eigenvalue weighted by atomic mass is 9.33. The summed E-state index contributed by atoms with van der Waals surface area (Å²) in [5, 5.41) is 0. The van der Waals surface area contributed by atoms with Crippen LogP contribution in [0.15, 0.2) is 218 Å². The van der Waals surface area contributed by atoms with E-state index in [4.69, 9.17) is 0 Å². The molecule has 3 aliphatic rings. The number of hydrogen-bond acceptors (Lipinski definition) is 3. The average molecular weight is 766 g/mol. The van der Waals surface area contributed by atoms with E-state index >= 15 is 0 Å². The van der Waals surface area contributed by atoms with E-state index in [0.717, 1.165) is 28.4 Å². The Morgan fingerprint density at radius 1 is 0.400 bits per heavy atom. The van der Waals surface area contributed by atoms with E-state index in [1.54, 1.807) is 0 Å². The molecule has 4 heteroatoms. The normalized spacial score (nSPS) is 14.2. The monoisotopic (exact) mass is 765 g/mol. The van der Waals surface area contributed by atoms with Gasteiger partial charge in [-0.2, -0.15) is 0 Å². The Morgan fingerprint density at radius 2 is 0.967 bits per heavy atom. The van der Waals surface area contributed by atoms with Crippen molar-refractivity contribution < 1.29 is 0 Å². The summed E-state index contributed by atoms with van der Waals surface area (Å²) in [7, 11) is 0. The van der Waals surface area contributed by atoms with Crippen LogP contribution in [0, 0.1) is 6.92 Å². The molecule has 1 unspecified atom stereocenters. The first-order valence-electron chi connectivity index (χ1n) is 20.9. The summed E-state index contributed by atoms with van der Waals surface area (Å²) < 4.78 is 0. The van der Waals surface area contributed by atoms with Gasteiger partial charge in [-0.1, -0.05) is 145 Å². The molecule has 9 aromatic rings. The Balaban J connectivity index is 1.07. The number of nitrogens with zero attached hydrogens (tertiary/aromatic N) is 3. The summed E-state index contributed by atoms with van der Waals surface area (Å²) in [6, 6.07) is 80.6. The summed E-state index contributed by atoms with van der Waals surface area (Å²) in [5.74, 6) is 0.199. The van der Waals surface area contributed by atoms with Crippen molar-refractivity contribution in [3.63, 3.8) is 0 Å². The van der Waals surface area contributed by atoms with E-state index in [2.05, 4.69) is 240 Å². The van der Waals surface area contributed by atoms with Crippen LogP contribution in [0.4, 0.5) is 51.2 Å². The third-order valence-electron chi connectivity index (χ3n) is 12.8. The number of para-hydroxylation sites is 3. The lowest BCUT2D eigenvalue weighted by Gasteiger charge is -2.44. The molecule has 9 aromatic carbocycles. The van der Waals surface area contributed by atoms with E-state index in [0.29, 0.717) is 0 Å². The zero-order valence-electron chi connectivity index (χ0n) is 33.3. The van der Waals surface area contributed by atoms with Gasteiger partial charge in [-0.3, -0.25) is 0 Å². The van der Waals surface area contributed by atoms with E-state index < -0.39 is 0 Å². The van der Waals surface area contributed by atoms with Crippen molar-refractivity contribution >= 4 is 74.3 Å². The summed E-state index contributed by atoms with van der Waals surface area (Å²) in [4.78, 5) is 7.38. The van der Waals surface area contributed by atoms with E-state index in [-0.39, 0.29) is 12.6 Å². The highest BCUT2D eigenvalue weighted by molar-refractivity contribution is 7.00. The van der Waals surface area contributed by atoms with Crippen molar-refractivity contribution in [3.8, 4) is 11.1 Å². The second-order valence-electron chi connectivity index (χ2n) is 16.2. The van der Waals surface area contributed by atoms with Crippen molar-refractivity contribution in [2.45, 2.75) is 12.8 Å². The molecule has 0 spiro atoms. The SMILES string of the molecule is Cc1ccc(N2c3cc(N(c4ccccc4)c4ccc5c(c4)-c4ccccc4C5c4ccccc4)ccc3B3c4ccccc4N(c4ccccc4)c4cccc2c43)cc1. The average Bonchev–Trinajstić information content (AvgIpc) is 3.64. The number of fused-ring (bicyclic) bond motifs is 7. The van der Waals surface area contributed by atoms with Gasteiger partial charge in [0, 0.05) is 57.1 Å². The first kappa shape index (κ1) is 34.5. The van der Waals surface area contributed by atoms with Gasteiger partial charge in [-0.25, -0.2) is 0 Å². The molecule has 60 heavy (non-hydrogen) atoms. The van der Waals surface area contributed by atoms with Crippen LogP contribution < -0.4 is 31.1 Å². The summed E-state index contributed by atoms with van der Waals surface area (Å²) >= 11 is 0. The second kappa shape index (κ2) is 13.8. The number of rotatable bonds is 6. The molecule has 0 bridgehead atoms. The molecule has 0 fully saturated rings. The third-order valence-corrected chi connectivity index (χ3v) is 12.8. The lowest BCUT2D eigenvalue weighted by Crippen LogP contribution is -2.61. The molecule has 0 aromatic heterocycles. The molecule has 0 saturated carbocycles. The molecule has 2 heterocycles. The minimum absolute atomic E-state index is 0.0506. The van der Waals surface area contributed by atoms with E-state index in [1.165, 1.54) is 72.5 Å². The van der Waals surface area contributed by atoms with Gasteiger partial charge >= 0.3 is 0 Å². The van der Waals surface area contributed by atoms with Crippen LogP contribution in [0.5, 0.6) is 0 Å². The van der Waals surface area contributed by atoms with Crippen LogP contribution in [0.25, 0.3) is 11.1 Å². The van der Waals surface area contributed by atoms with Crippen LogP contribution >= 0.6 is 0 Å². The van der Waals surface area contributed by atoms with Gasteiger partial charge in [0.15, 0.2) is 0 Å². The van der Waals surface area contributed by atoms with Crippen molar-refractivity contribution in [1.82, 2.24) is 0 Å². The van der Waals surface area contributed by atoms with Crippen molar-refractivity contribution in [2.75, 3.05) is 14.7 Å². The van der Waals surface area contributed by atoms with Gasteiger partial charge < -0.3 is 14.7 Å². The number of hydrogen-bond donors (Lipinski definition) is 0. The zero-order chi connectivity index (χ0) is 39.7. The van der Waals surface area contributed by atoms with Gasteiger partial charge in [0.05, 0.1) is 0 Å². The summed E-state index contributed by atoms with van der Waals surface area (Å²) in [6.07, 6.45) is 0. The van der Waals surface area contributed by atoms with Crippen LogP contribution in [-0.2, 0) is 0 Å². The molecular weight excluding hydrogens is 725 g/mol. The maximum absolute atomic E-state index is 2.50. The molecule has 0 saturated heterocycles. The number of benzene rings is 9. The Labute approximate surface area is 352 Å². The zero-order valence-corrected chi connectivity index (χ0v) is 33.3. The fourth-order valence-electron chi connectivity index (χ4n) is 10.2. The van der Waals surface area contributed by atoms with E-state index in [1.807, 2.05) is 0 Å². The van der Waals surface area contributed by atoms with Crippen molar-refractivity contribution in [3.05, 3.63) is 241 Å². The topological polar surface area (TPSA) is 9.72 Å². The van der Waals surface area contributed by atoms with Crippen LogP contribution in [0.3, 0.4) is 0 Å². The van der Waals surface area contributed by atoms with Gasteiger partial charge in [0.25, 0.3) is 6.71 Å². The van der Waals surface area contributed by atoms with Gasteiger partial charge in [-0.05, 0) is 130 Å². The second-order valence-corrected chi connectivity index (χ2v) is 16.2. The molecule has 2 aliphatic heterocycles. The molecule has 0 N–H and O–H groups in total. The van der Waals surface area contributed by atoms with Gasteiger partial charge in [0.2, 0.25) is 0 Å². The quantitative estimate of drug-likeness (QED) is 0.156. The standard InChI is InChI=1S/C56H40BN3/c1-38-28-30-42(31-29-38)60-53-27-15-26-52-56(53)57(49-24-13-14-25-51(49)59(52)41-20-9-4-10-21-41)50-35-33-44(37-54(50)60)58(40-18-7-3-8-19-40)43-32-34-47-48(36-43)45-22-11-12-23-46(45)55(47)39-16-5-2-6-17-39/h2-37,55H,1H3. The Kier molecular flexibility index (Phi) is 7.92. The van der Waals surface area contributed by atoms with E-state index in [9.17, 15) is 0 Å². The first-order chi connectivity index (χ1) is 29.7.